The number of carbonyl (C=O) groups is 2. The molecule has 2 aromatic carbocycles. The number of hydrogen-bond donors (Lipinski definition) is 1. The Labute approximate surface area is 171 Å². The van der Waals surface area contributed by atoms with Crippen LogP contribution in [0.5, 0.6) is 0 Å². The van der Waals surface area contributed by atoms with Crippen molar-refractivity contribution in [3.8, 4) is 0 Å². The Balaban J connectivity index is 2.20. The topological polar surface area (TPSA) is 92.8 Å². The number of anilines is 1. The highest BCUT2D eigenvalue weighted by Crippen LogP contribution is 2.20. The van der Waals surface area contributed by atoms with Gasteiger partial charge in [-0.25, -0.2) is 13.2 Å². The number of benzene rings is 2. The van der Waals surface area contributed by atoms with Crippen molar-refractivity contribution >= 4 is 27.6 Å². The summed E-state index contributed by atoms with van der Waals surface area (Å²) in [6, 6.07) is 11.8. The Hall–Kier alpha value is -2.71. The molecular weight excluding hydrogens is 392 g/mol. The first-order valence-corrected chi connectivity index (χ1v) is 10.8. The highest BCUT2D eigenvalue weighted by atomic mass is 32.2. The van der Waals surface area contributed by atoms with Crippen LogP contribution < -0.4 is 5.32 Å². The highest BCUT2D eigenvalue weighted by molar-refractivity contribution is 7.89. The van der Waals surface area contributed by atoms with Crippen LogP contribution in [0.25, 0.3) is 0 Å². The standard InChI is InChI=1S/C21H26N2O5S/c1-5-23(16(4)20(24)22-18-11-7-15(3)8-12-18)29(26,27)19-13-9-17(10-14-19)21(25)28-6-2/h7-14,16H,5-6H2,1-4H3,(H,22,24). The van der Waals surface area contributed by atoms with Gasteiger partial charge in [-0.05, 0) is 57.2 Å². The predicted octanol–water partition coefficient (Wildman–Crippen LogP) is 3.21. The lowest BCUT2D eigenvalue weighted by Gasteiger charge is -2.26. The Morgan fingerprint density at radius 2 is 1.62 bits per heavy atom. The molecule has 2 rings (SSSR count). The van der Waals surface area contributed by atoms with Gasteiger partial charge in [0, 0.05) is 12.2 Å². The van der Waals surface area contributed by atoms with Crippen molar-refractivity contribution in [3.05, 3.63) is 59.7 Å². The van der Waals surface area contributed by atoms with Crippen LogP contribution in [0, 0.1) is 6.92 Å². The van der Waals surface area contributed by atoms with Gasteiger partial charge in [-0.3, -0.25) is 4.79 Å². The van der Waals surface area contributed by atoms with Crippen molar-refractivity contribution in [2.75, 3.05) is 18.5 Å². The summed E-state index contributed by atoms with van der Waals surface area (Å²) in [5, 5.41) is 2.74. The molecule has 7 nitrogen and oxygen atoms in total. The van der Waals surface area contributed by atoms with Crippen LogP contribution in [-0.4, -0.2) is 43.8 Å². The van der Waals surface area contributed by atoms with Crippen molar-refractivity contribution in [1.82, 2.24) is 4.31 Å². The molecule has 29 heavy (non-hydrogen) atoms. The number of amides is 1. The van der Waals surface area contributed by atoms with Gasteiger partial charge < -0.3 is 10.1 Å². The zero-order valence-corrected chi connectivity index (χ0v) is 17.8. The van der Waals surface area contributed by atoms with Crippen LogP contribution in [0.4, 0.5) is 5.69 Å². The summed E-state index contributed by atoms with van der Waals surface area (Å²) < 4.78 is 32.1. The number of aryl methyl sites for hydroxylation is 1. The van der Waals surface area contributed by atoms with E-state index in [1.165, 1.54) is 31.2 Å². The van der Waals surface area contributed by atoms with Gasteiger partial charge in [0.1, 0.15) is 6.04 Å². The molecule has 0 aliphatic rings. The molecule has 0 saturated heterocycles. The van der Waals surface area contributed by atoms with Gasteiger partial charge in [0.2, 0.25) is 15.9 Å². The number of hydrogen-bond acceptors (Lipinski definition) is 5. The van der Waals surface area contributed by atoms with Gasteiger partial charge in [0.15, 0.2) is 0 Å². The van der Waals surface area contributed by atoms with Crippen LogP contribution in [0.1, 0.15) is 36.7 Å². The number of esters is 1. The normalized spacial score (nSPS) is 12.4. The smallest absolute Gasteiger partial charge is 0.338 e. The lowest BCUT2D eigenvalue weighted by molar-refractivity contribution is -0.119. The third-order valence-electron chi connectivity index (χ3n) is 4.41. The lowest BCUT2D eigenvalue weighted by Crippen LogP contribution is -2.45. The Kier molecular flexibility index (Phi) is 7.53. The van der Waals surface area contributed by atoms with E-state index in [1.54, 1.807) is 26.0 Å². The van der Waals surface area contributed by atoms with Crippen molar-refractivity contribution in [2.24, 2.45) is 0 Å². The molecule has 1 N–H and O–H groups in total. The van der Waals surface area contributed by atoms with E-state index in [0.717, 1.165) is 9.87 Å². The van der Waals surface area contributed by atoms with Crippen LogP contribution >= 0.6 is 0 Å². The van der Waals surface area contributed by atoms with E-state index in [0.29, 0.717) is 5.69 Å². The lowest BCUT2D eigenvalue weighted by atomic mass is 10.2. The summed E-state index contributed by atoms with van der Waals surface area (Å²) in [6.07, 6.45) is 0. The van der Waals surface area contributed by atoms with Crippen LogP contribution in [0.15, 0.2) is 53.4 Å². The first-order valence-electron chi connectivity index (χ1n) is 9.37. The minimum Gasteiger partial charge on any atom is -0.462 e. The van der Waals surface area contributed by atoms with E-state index >= 15 is 0 Å². The van der Waals surface area contributed by atoms with E-state index < -0.39 is 27.9 Å². The summed E-state index contributed by atoms with van der Waals surface area (Å²) in [6.45, 7) is 7.18. The van der Waals surface area contributed by atoms with E-state index in [1.807, 2.05) is 19.1 Å². The molecule has 0 radical (unpaired) electrons. The maximum atomic E-state index is 13.0. The molecule has 0 spiro atoms. The second-order valence-corrected chi connectivity index (χ2v) is 8.38. The molecule has 0 aliphatic carbocycles. The third-order valence-corrected chi connectivity index (χ3v) is 6.47. The largest absolute Gasteiger partial charge is 0.462 e. The zero-order chi connectivity index (χ0) is 21.6. The average molecular weight is 419 g/mol. The van der Waals surface area contributed by atoms with Crippen LogP contribution in [0.2, 0.25) is 0 Å². The van der Waals surface area contributed by atoms with Crippen LogP contribution in [-0.2, 0) is 19.6 Å². The molecule has 0 saturated carbocycles. The Morgan fingerprint density at radius 3 is 2.14 bits per heavy atom. The second-order valence-electron chi connectivity index (χ2n) is 6.48. The SMILES string of the molecule is CCOC(=O)c1ccc(S(=O)(=O)N(CC)C(C)C(=O)Nc2ccc(C)cc2)cc1. The fraction of sp³-hybridized carbons (Fsp3) is 0.333. The maximum absolute atomic E-state index is 13.0. The molecule has 1 amide bonds. The summed E-state index contributed by atoms with van der Waals surface area (Å²) in [5.74, 6) is -0.947. The second kappa shape index (κ2) is 9.67. The molecule has 1 atom stereocenters. The van der Waals surface area contributed by atoms with E-state index in [4.69, 9.17) is 4.74 Å². The molecule has 1 unspecified atom stereocenters. The van der Waals surface area contributed by atoms with Gasteiger partial charge in [0.25, 0.3) is 0 Å². The summed E-state index contributed by atoms with van der Waals surface area (Å²) in [7, 11) is -3.93. The van der Waals surface area contributed by atoms with Gasteiger partial charge in [0.05, 0.1) is 17.1 Å². The molecule has 8 heteroatoms. The maximum Gasteiger partial charge on any atom is 0.338 e. The number of sulfonamides is 1. The molecular formula is C21H26N2O5S. The van der Waals surface area contributed by atoms with Crippen molar-refractivity contribution in [1.29, 1.82) is 0 Å². The highest BCUT2D eigenvalue weighted by Gasteiger charge is 2.32. The van der Waals surface area contributed by atoms with E-state index in [2.05, 4.69) is 5.32 Å². The molecule has 2 aromatic rings. The molecule has 0 heterocycles. The van der Waals surface area contributed by atoms with E-state index in [-0.39, 0.29) is 23.6 Å². The Bertz CT molecular complexity index is 954. The number of ether oxygens (including phenoxy) is 1. The monoisotopic (exact) mass is 418 g/mol. The number of likely N-dealkylation sites (N-methyl/N-ethyl adjacent to an activating group) is 1. The fourth-order valence-corrected chi connectivity index (χ4v) is 4.38. The van der Waals surface area contributed by atoms with Crippen molar-refractivity contribution in [2.45, 2.75) is 38.6 Å². The zero-order valence-electron chi connectivity index (χ0n) is 17.0. The predicted molar refractivity (Wildman–Crippen MR) is 111 cm³/mol. The van der Waals surface area contributed by atoms with Crippen molar-refractivity contribution < 1.29 is 22.7 Å². The molecule has 0 aliphatic heterocycles. The molecule has 0 bridgehead atoms. The van der Waals surface area contributed by atoms with Gasteiger partial charge in [-0.1, -0.05) is 24.6 Å². The number of nitrogens with one attached hydrogen (secondary N) is 1. The average Bonchev–Trinajstić information content (AvgIpc) is 2.70. The fourth-order valence-electron chi connectivity index (χ4n) is 2.78. The minimum absolute atomic E-state index is 0.00221. The van der Waals surface area contributed by atoms with Gasteiger partial charge >= 0.3 is 5.97 Å². The molecule has 156 valence electrons. The van der Waals surface area contributed by atoms with E-state index in [9.17, 15) is 18.0 Å². The van der Waals surface area contributed by atoms with Gasteiger partial charge in [-0.2, -0.15) is 4.31 Å². The number of carbonyl (C=O) groups excluding carboxylic acids is 2. The summed E-state index contributed by atoms with van der Waals surface area (Å²) in [4.78, 5) is 24.4. The first-order chi connectivity index (χ1) is 13.7. The van der Waals surface area contributed by atoms with Crippen LogP contribution in [0.3, 0.4) is 0 Å². The number of nitrogens with zero attached hydrogens (tertiary/aromatic N) is 1. The number of rotatable bonds is 8. The third kappa shape index (κ3) is 5.42. The quantitative estimate of drug-likeness (QED) is 0.665. The first kappa shape index (κ1) is 22.6. The minimum atomic E-state index is -3.93. The van der Waals surface area contributed by atoms with Gasteiger partial charge in [-0.15, -0.1) is 0 Å². The Morgan fingerprint density at radius 1 is 1.03 bits per heavy atom. The summed E-state index contributed by atoms with van der Waals surface area (Å²) >= 11 is 0. The molecule has 0 aromatic heterocycles. The van der Waals surface area contributed by atoms with Crippen molar-refractivity contribution in [3.63, 3.8) is 0 Å². The molecule has 0 fully saturated rings. The summed E-state index contributed by atoms with van der Waals surface area (Å²) in [5.41, 5.74) is 1.92.